The lowest BCUT2D eigenvalue weighted by Crippen LogP contribution is -2.14. The number of nitrogens with two attached hydrogens (primary N) is 1. The maximum atomic E-state index is 13.3. The number of alkyl halides is 2. The number of amides is 1. The lowest BCUT2D eigenvalue weighted by atomic mass is 9.95. The zero-order valence-corrected chi connectivity index (χ0v) is 14.0. The van der Waals surface area contributed by atoms with Crippen molar-refractivity contribution >= 4 is 17.5 Å². The minimum atomic E-state index is -2.90. The molecule has 4 nitrogen and oxygen atoms in total. The number of primary amides is 1. The SMILES string of the molecule is Cn1nc(C(F)F)c(C(N)=O)c1-c1ccccc1-c1ccc(Cl)cc1. The summed E-state index contributed by atoms with van der Waals surface area (Å²) in [5.74, 6) is -0.940. The Morgan fingerprint density at radius 3 is 2.28 bits per heavy atom. The first kappa shape index (κ1) is 17.1. The molecule has 2 aromatic carbocycles. The molecule has 0 bridgehead atoms. The van der Waals surface area contributed by atoms with E-state index in [0.717, 1.165) is 11.1 Å². The minimum Gasteiger partial charge on any atom is -0.365 e. The number of rotatable bonds is 4. The van der Waals surface area contributed by atoms with Gasteiger partial charge in [0, 0.05) is 17.6 Å². The summed E-state index contributed by atoms with van der Waals surface area (Å²) in [4.78, 5) is 11.8. The average Bonchev–Trinajstić information content (AvgIpc) is 2.93. The van der Waals surface area contributed by atoms with Crippen LogP contribution in [0.3, 0.4) is 0 Å². The molecule has 0 spiro atoms. The van der Waals surface area contributed by atoms with Crippen molar-refractivity contribution < 1.29 is 13.6 Å². The molecule has 25 heavy (non-hydrogen) atoms. The van der Waals surface area contributed by atoms with E-state index in [1.54, 1.807) is 24.3 Å². The van der Waals surface area contributed by atoms with E-state index < -0.39 is 18.0 Å². The molecule has 0 saturated heterocycles. The zero-order valence-electron chi connectivity index (χ0n) is 13.2. The zero-order chi connectivity index (χ0) is 18.1. The number of halogens is 3. The molecule has 0 aliphatic rings. The molecular formula is C18H14ClF2N3O. The van der Waals surface area contributed by atoms with Crippen LogP contribution in [0.2, 0.25) is 5.02 Å². The fourth-order valence-corrected chi connectivity index (χ4v) is 2.95. The molecular weight excluding hydrogens is 348 g/mol. The van der Waals surface area contributed by atoms with Crippen LogP contribution in [0.15, 0.2) is 48.5 Å². The van der Waals surface area contributed by atoms with Gasteiger partial charge in [-0.2, -0.15) is 5.10 Å². The minimum absolute atomic E-state index is 0.258. The van der Waals surface area contributed by atoms with Gasteiger partial charge >= 0.3 is 0 Å². The van der Waals surface area contributed by atoms with E-state index in [-0.39, 0.29) is 11.3 Å². The van der Waals surface area contributed by atoms with E-state index in [0.29, 0.717) is 10.6 Å². The molecule has 0 atom stereocenters. The number of benzene rings is 2. The molecule has 1 aromatic heterocycles. The lowest BCUT2D eigenvalue weighted by molar-refractivity contribution is 0.0985. The molecule has 0 aliphatic carbocycles. The third-order valence-corrected chi connectivity index (χ3v) is 4.12. The third kappa shape index (κ3) is 3.13. The van der Waals surface area contributed by atoms with Crippen LogP contribution in [0.5, 0.6) is 0 Å². The van der Waals surface area contributed by atoms with Crippen molar-refractivity contribution in [2.24, 2.45) is 12.8 Å². The summed E-state index contributed by atoms with van der Waals surface area (Å²) in [5, 5.41) is 4.38. The summed E-state index contributed by atoms with van der Waals surface area (Å²) < 4.78 is 27.8. The molecule has 2 N–H and O–H groups in total. The van der Waals surface area contributed by atoms with Gasteiger partial charge in [-0.1, -0.05) is 48.0 Å². The van der Waals surface area contributed by atoms with E-state index in [1.807, 2.05) is 24.3 Å². The highest BCUT2D eigenvalue weighted by Gasteiger charge is 2.28. The van der Waals surface area contributed by atoms with Gasteiger partial charge in [-0.3, -0.25) is 9.48 Å². The van der Waals surface area contributed by atoms with Gasteiger partial charge in [-0.25, -0.2) is 8.78 Å². The maximum absolute atomic E-state index is 13.3. The van der Waals surface area contributed by atoms with E-state index in [9.17, 15) is 13.6 Å². The van der Waals surface area contributed by atoms with Crippen LogP contribution in [0.4, 0.5) is 8.78 Å². The van der Waals surface area contributed by atoms with Gasteiger partial charge in [0.25, 0.3) is 12.3 Å². The first-order valence-corrected chi connectivity index (χ1v) is 7.78. The predicted octanol–water partition coefficient (Wildman–Crippen LogP) is 4.44. The summed E-state index contributed by atoms with van der Waals surface area (Å²) in [6.45, 7) is 0. The Bertz CT molecular complexity index is 936. The van der Waals surface area contributed by atoms with Crippen LogP contribution in [0.1, 0.15) is 22.5 Å². The predicted molar refractivity (Wildman–Crippen MR) is 92.6 cm³/mol. The molecule has 0 aliphatic heterocycles. The number of hydrogen-bond donors (Lipinski definition) is 1. The Kier molecular flexibility index (Phi) is 4.55. The van der Waals surface area contributed by atoms with Crippen molar-refractivity contribution in [1.82, 2.24) is 9.78 Å². The highest BCUT2D eigenvalue weighted by Crippen LogP contribution is 2.37. The standard InChI is InChI=1S/C18H14ClF2N3O/c1-24-16(14(18(22)25)15(23-24)17(20)21)13-5-3-2-4-12(13)10-6-8-11(19)9-7-10/h2-9,17H,1H3,(H2,22,25). The number of carbonyl (C=O) groups excluding carboxylic acids is 1. The van der Waals surface area contributed by atoms with Gasteiger partial charge in [-0.05, 0) is 23.3 Å². The Hall–Kier alpha value is -2.73. The Morgan fingerprint density at radius 2 is 1.72 bits per heavy atom. The number of aryl methyl sites for hydroxylation is 1. The topological polar surface area (TPSA) is 60.9 Å². The summed E-state index contributed by atoms with van der Waals surface area (Å²) in [7, 11) is 1.51. The Labute approximate surface area is 147 Å². The molecule has 0 saturated carbocycles. The smallest absolute Gasteiger partial charge is 0.282 e. The van der Waals surface area contributed by atoms with E-state index >= 15 is 0 Å². The van der Waals surface area contributed by atoms with Crippen molar-refractivity contribution in [3.63, 3.8) is 0 Å². The Balaban J connectivity index is 2.28. The van der Waals surface area contributed by atoms with Crippen LogP contribution in [-0.2, 0) is 7.05 Å². The maximum Gasteiger partial charge on any atom is 0.282 e. The number of nitrogens with zero attached hydrogens (tertiary/aromatic N) is 2. The van der Waals surface area contributed by atoms with Crippen LogP contribution in [0, 0.1) is 0 Å². The van der Waals surface area contributed by atoms with Crippen molar-refractivity contribution in [2.45, 2.75) is 6.43 Å². The van der Waals surface area contributed by atoms with Gasteiger partial charge < -0.3 is 5.73 Å². The van der Waals surface area contributed by atoms with Crippen molar-refractivity contribution in [2.75, 3.05) is 0 Å². The quantitative estimate of drug-likeness (QED) is 0.746. The molecule has 3 rings (SSSR count). The number of aromatic nitrogens is 2. The van der Waals surface area contributed by atoms with Crippen LogP contribution < -0.4 is 5.73 Å². The third-order valence-electron chi connectivity index (χ3n) is 3.86. The number of carbonyl (C=O) groups is 1. The summed E-state index contributed by atoms with van der Waals surface area (Å²) in [6, 6.07) is 14.2. The summed E-state index contributed by atoms with van der Waals surface area (Å²) in [6.07, 6.45) is -2.90. The average molecular weight is 362 g/mol. The van der Waals surface area contributed by atoms with E-state index in [2.05, 4.69) is 5.10 Å². The second kappa shape index (κ2) is 6.64. The highest BCUT2D eigenvalue weighted by molar-refractivity contribution is 6.30. The van der Waals surface area contributed by atoms with Gasteiger partial charge in [0.05, 0.1) is 11.3 Å². The second-order valence-corrected chi connectivity index (χ2v) is 5.89. The van der Waals surface area contributed by atoms with E-state index in [1.165, 1.54) is 11.7 Å². The highest BCUT2D eigenvalue weighted by atomic mass is 35.5. The molecule has 0 fully saturated rings. The van der Waals surface area contributed by atoms with Gasteiger partial charge in [0.1, 0.15) is 5.69 Å². The van der Waals surface area contributed by atoms with Crippen molar-refractivity contribution in [3.8, 4) is 22.4 Å². The fraction of sp³-hybridized carbons (Fsp3) is 0.111. The molecule has 0 radical (unpaired) electrons. The Morgan fingerprint density at radius 1 is 1.12 bits per heavy atom. The van der Waals surface area contributed by atoms with Gasteiger partial charge in [0.15, 0.2) is 0 Å². The molecule has 0 unspecified atom stereocenters. The fourth-order valence-electron chi connectivity index (χ4n) is 2.82. The van der Waals surface area contributed by atoms with Gasteiger partial charge in [0.2, 0.25) is 0 Å². The molecule has 3 aromatic rings. The van der Waals surface area contributed by atoms with Crippen molar-refractivity contribution in [1.29, 1.82) is 0 Å². The molecule has 1 amide bonds. The van der Waals surface area contributed by atoms with Crippen LogP contribution in [0.25, 0.3) is 22.4 Å². The van der Waals surface area contributed by atoms with Crippen LogP contribution >= 0.6 is 11.6 Å². The second-order valence-electron chi connectivity index (χ2n) is 5.45. The molecule has 1 heterocycles. The molecule has 128 valence electrons. The lowest BCUT2D eigenvalue weighted by Gasteiger charge is -2.12. The van der Waals surface area contributed by atoms with Gasteiger partial charge in [-0.15, -0.1) is 0 Å². The first-order valence-electron chi connectivity index (χ1n) is 7.40. The monoisotopic (exact) mass is 361 g/mol. The number of hydrogen-bond acceptors (Lipinski definition) is 2. The van der Waals surface area contributed by atoms with E-state index in [4.69, 9.17) is 17.3 Å². The van der Waals surface area contributed by atoms with Crippen LogP contribution in [-0.4, -0.2) is 15.7 Å². The summed E-state index contributed by atoms with van der Waals surface area (Å²) in [5.41, 5.74) is 6.92. The first-order chi connectivity index (χ1) is 11.9. The molecule has 7 heteroatoms. The summed E-state index contributed by atoms with van der Waals surface area (Å²) >= 11 is 5.93. The van der Waals surface area contributed by atoms with Crippen molar-refractivity contribution in [3.05, 3.63) is 64.8 Å². The largest absolute Gasteiger partial charge is 0.365 e. The normalized spacial score (nSPS) is 11.1.